The molecular weight excluding hydrogens is 324 g/mol. The maximum atomic E-state index is 12.1. The van der Waals surface area contributed by atoms with Crippen molar-refractivity contribution in [2.75, 3.05) is 13.4 Å². The number of hydrogen-bond donors (Lipinski definition) is 1. The Kier molecular flexibility index (Phi) is 3.89. The Morgan fingerprint density at radius 3 is 2.92 bits per heavy atom. The second-order valence-corrected chi connectivity index (χ2v) is 5.66. The number of benzene rings is 2. The van der Waals surface area contributed by atoms with Crippen LogP contribution < -0.4 is 15.2 Å². The molecule has 0 unspecified atom stereocenters. The van der Waals surface area contributed by atoms with E-state index in [-0.39, 0.29) is 19.1 Å². The molecule has 0 bridgehead atoms. The van der Waals surface area contributed by atoms with E-state index in [1.807, 2.05) is 24.3 Å². The van der Waals surface area contributed by atoms with Gasteiger partial charge < -0.3 is 19.2 Å². The van der Waals surface area contributed by atoms with Gasteiger partial charge in [-0.25, -0.2) is 9.59 Å². The van der Waals surface area contributed by atoms with E-state index in [1.54, 1.807) is 22.8 Å². The van der Waals surface area contributed by atoms with E-state index in [0.717, 1.165) is 11.0 Å². The van der Waals surface area contributed by atoms with Crippen molar-refractivity contribution < 1.29 is 19.0 Å². The van der Waals surface area contributed by atoms with Gasteiger partial charge in [-0.2, -0.15) is 0 Å². The number of fused-ring (bicyclic) bond motifs is 2. The summed E-state index contributed by atoms with van der Waals surface area (Å²) in [6, 6.07) is 12.4. The van der Waals surface area contributed by atoms with Gasteiger partial charge >= 0.3 is 11.7 Å². The lowest BCUT2D eigenvalue weighted by molar-refractivity contribution is 0.0495. The molecular formula is C18H16N2O5. The third kappa shape index (κ3) is 2.96. The zero-order chi connectivity index (χ0) is 17.2. The Labute approximate surface area is 142 Å². The number of hydrogen-bond acceptors (Lipinski definition) is 5. The SMILES string of the molecule is O=C(OCCCn1c(=O)[nH]c2ccccc21)c1ccc2c(c1)OCO2. The average molecular weight is 340 g/mol. The number of nitrogens with one attached hydrogen (secondary N) is 1. The molecule has 0 fully saturated rings. The lowest BCUT2D eigenvalue weighted by atomic mass is 10.2. The van der Waals surface area contributed by atoms with Crippen LogP contribution in [0, 0.1) is 0 Å². The standard InChI is InChI=1S/C18H16N2O5/c21-17(12-6-7-15-16(10-12)25-11-24-15)23-9-3-8-20-14-5-2-1-4-13(14)19-18(20)22/h1-2,4-7,10H,3,8-9,11H2,(H,19,22). The van der Waals surface area contributed by atoms with Gasteiger partial charge in [-0.05, 0) is 36.8 Å². The fourth-order valence-corrected chi connectivity index (χ4v) is 2.82. The summed E-state index contributed by atoms with van der Waals surface area (Å²) >= 11 is 0. The highest BCUT2D eigenvalue weighted by molar-refractivity contribution is 5.90. The molecule has 2 aromatic carbocycles. The first-order valence-electron chi connectivity index (χ1n) is 7.97. The normalized spacial score (nSPS) is 12.5. The van der Waals surface area contributed by atoms with Crippen molar-refractivity contribution in [1.29, 1.82) is 0 Å². The predicted octanol–water partition coefficient (Wildman–Crippen LogP) is 2.31. The molecule has 3 aromatic rings. The fraction of sp³-hybridized carbons (Fsp3) is 0.222. The number of aromatic amines is 1. The first-order valence-corrected chi connectivity index (χ1v) is 7.97. The maximum absolute atomic E-state index is 12.1. The van der Waals surface area contributed by atoms with E-state index < -0.39 is 5.97 Å². The fourth-order valence-electron chi connectivity index (χ4n) is 2.82. The van der Waals surface area contributed by atoms with Crippen molar-refractivity contribution in [3.8, 4) is 11.5 Å². The van der Waals surface area contributed by atoms with Crippen molar-refractivity contribution in [3.05, 3.63) is 58.5 Å². The number of nitrogens with zero attached hydrogens (tertiary/aromatic N) is 1. The van der Waals surface area contributed by atoms with Crippen LogP contribution in [0.3, 0.4) is 0 Å². The van der Waals surface area contributed by atoms with E-state index in [2.05, 4.69) is 4.98 Å². The van der Waals surface area contributed by atoms with Crippen LogP contribution in [-0.4, -0.2) is 28.9 Å². The van der Waals surface area contributed by atoms with E-state index >= 15 is 0 Å². The highest BCUT2D eigenvalue weighted by atomic mass is 16.7. The van der Waals surface area contributed by atoms with Gasteiger partial charge in [0.15, 0.2) is 11.5 Å². The van der Waals surface area contributed by atoms with Gasteiger partial charge in [0, 0.05) is 6.54 Å². The molecule has 7 heteroatoms. The molecule has 0 saturated heterocycles. The largest absolute Gasteiger partial charge is 0.462 e. The molecule has 0 spiro atoms. The predicted molar refractivity (Wildman–Crippen MR) is 90.0 cm³/mol. The molecule has 1 aromatic heterocycles. The summed E-state index contributed by atoms with van der Waals surface area (Å²) in [6.45, 7) is 0.851. The van der Waals surface area contributed by atoms with Crippen LogP contribution in [0.25, 0.3) is 11.0 Å². The highest BCUT2D eigenvalue weighted by Gasteiger charge is 2.17. The van der Waals surface area contributed by atoms with Crippen LogP contribution in [0.2, 0.25) is 0 Å². The van der Waals surface area contributed by atoms with Gasteiger partial charge in [0.05, 0.1) is 23.2 Å². The van der Waals surface area contributed by atoms with Crippen LogP contribution in [0.15, 0.2) is 47.3 Å². The summed E-state index contributed by atoms with van der Waals surface area (Å²) in [7, 11) is 0. The first kappa shape index (κ1) is 15.3. The summed E-state index contributed by atoms with van der Waals surface area (Å²) in [5, 5.41) is 0. The molecule has 128 valence electrons. The van der Waals surface area contributed by atoms with Gasteiger partial charge in [0.1, 0.15) is 0 Å². The Bertz CT molecular complexity index is 989. The van der Waals surface area contributed by atoms with Gasteiger partial charge in [-0.1, -0.05) is 12.1 Å². The van der Waals surface area contributed by atoms with Crippen molar-refractivity contribution in [1.82, 2.24) is 9.55 Å². The van der Waals surface area contributed by atoms with E-state index in [4.69, 9.17) is 14.2 Å². The molecule has 1 N–H and O–H groups in total. The number of rotatable bonds is 5. The highest BCUT2D eigenvalue weighted by Crippen LogP contribution is 2.32. The molecule has 0 radical (unpaired) electrons. The molecule has 0 atom stereocenters. The number of aromatic nitrogens is 2. The van der Waals surface area contributed by atoms with Crippen LogP contribution in [-0.2, 0) is 11.3 Å². The molecule has 7 nitrogen and oxygen atoms in total. The van der Waals surface area contributed by atoms with Crippen LogP contribution in [0.1, 0.15) is 16.8 Å². The maximum Gasteiger partial charge on any atom is 0.338 e. The molecule has 25 heavy (non-hydrogen) atoms. The quantitative estimate of drug-likeness (QED) is 0.569. The third-order valence-electron chi connectivity index (χ3n) is 4.05. The molecule has 1 aliphatic rings. The van der Waals surface area contributed by atoms with Gasteiger partial charge in [-0.3, -0.25) is 4.57 Å². The zero-order valence-electron chi connectivity index (χ0n) is 13.4. The topological polar surface area (TPSA) is 82.6 Å². The van der Waals surface area contributed by atoms with E-state index in [9.17, 15) is 9.59 Å². The minimum absolute atomic E-state index is 0.160. The average Bonchev–Trinajstić information content (AvgIpc) is 3.21. The zero-order valence-corrected chi connectivity index (χ0v) is 13.4. The lowest BCUT2D eigenvalue weighted by Gasteiger charge is -2.06. The van der Waals surface area contributed by atoms with Crippen LogP contribution in [0.4, 0.5) is 0 Å². The minimum atomic E-state index is -0.426. The lowest BCUT2D eigenvalue weighted by Crippen LogP contribution is -2.18. The number of aryl methyl sites for hydroxylation is 1. The Balaban J connectivity index is 1.35. The van der Waals surface area contributed by atoms with Crippen molar-refractivity contribution in [2.24, 2.45) is 0 Å². The number of carbonyl (C=O) groups excluding carboxylic acids is 1. The summed E-state index contributed by atoms with van der Waals surface area (Å²) in [5.74, 6) is 0.736. The Hall–Kier alpha value is -3.22. The van der Waals surface area contributed by atoms with Crippen LogP contribution >= 0.6 is 0 Å². The number of para-hydroxylation sites is 2. The number of carbonyl (C=O) groups is 1. The summed E-state index contributed by atoms with van der Waals surface area (Å²) in [4.78, 5) is 26.9. The van der Waals surface area contributed by atoms with Crippen molar-refractivity contribution in [3.63, 3.8) is 0 Å². The second-order valence-electron chi connectivity index (χ2n) is 5.66. The Morgan fingerprint density at radius 2 is 2.00 bits per heavy atom. The second kappa shape index (κ2) is 6.35. The first-order chi connectivity index (χ1) is 12.2. The molecule has 1 aliphatic heterocycles. The van der Waals surface area contributed by atoms with E-state index in [0.29, 0.717) is 30.0 Å². The van der Waals surface area contributed by atoms with Gasteiger partial charge in [0.25, 0.3) is 0 Å². The smallest absolute Gasteiger partial charge is 0.338 e. The van der Waals surface area contributed by atoms with Gasteiger partial charge in [0.2, 0.25) is 6.79 Å². The Morgan fingerprint density at radius 1 is 1.16 bits per heavy atom. The molecule has 0 aliphatic carbocycles. The molecule has 0 amide bonds. The minimum Gasteiger partial charge on any atom is -0.462 e. The monoisotopic (exact) mass is 340 g/mol. The number of ether oxygens (including phenoxy) is 3. The number of esters is 1. The third-order valence-corrected chi connectivity index (χ3v) is 4.05. The summed E-state index contributed by atoms with van der Waals surface area (Å²) in [6.07, 6.45) is 0.540. The number of imidazole rings is 1. The summed E-state index contributed by atoms with van der Waals surface area (Å²) < 4.78 is 17.4. The van der Waals surface area contributed by atoms with Crippen molar-refractivity contribution >= 4 is 17.0 Å². The van der Waals surface area contributed by atoms with Crippen LogP contribution in [0.5, 0.6) is 11.5 Å². The number of H-pyrrole nitrogens is 1. The molecule has 0 saturated carbocycles. The van der Waals surface area contributed by atoms with E-state index in [1.165, 1.54) is 0 Å². The van der Waals surface area contributed by atoms with Crippen molar-refractivity contribution in [2.45, 2.75) is 13.0 Å². The molecule has 2 heterocycles. The van der Waals surface area contributed by atoms with Gasteiger partial charge in [-0.15, -0.1) is 0 Å². The molecule has 4 rings (SSSR count). The summed E-state index contributed by atoms with van der Waals surface area (Å²) in [5.41, 5.74) is 1.89.